The average molecular weight is 323 g/mol. The van der Waals surface area contributed by atoms with Crippen LogP contribution in [0.15, 0.2) is 46.9 Å². The minimum atomic E-state index is -0.507. The van der Waals surface area contributed by atoms with Crippen molar-refractivity contribution in [3.8, 4) is 5.75 Å². The molecule has 19 heavy (non-hydrogen) atoms. The molecule has 0 saturated carbocycles. The highest BCUT2D eigenvalue weighted by Crippen LogP contribution is 2.19. The van der Waals surface area contributed by atoms with Gasteiger partial charge >= 0.3 is 0 Å². The van der Waals surface area contributed by atoms with Gasteiger partial charge in [0, 0.05) is 10.0 Å². The van der Waals surface area contributed by atoms with Crippen molar-refractivity contribution < 1.29 is 9.13 Å². The lowest BCUT2D eigenvalue weighted by atomic mass is 10.1. The maximum Gasteiger partial charge on any atom is 0.140 e. The Labute approximate surface area is 118 Å². The SMILES string of the molecule is N=C(N)c1cccc(COc2ccc(Br)cc2)c1F. The summed E-state index contributed by atoms with van der Waals surface area (Å²) < 4.78 is 20.4. The van der Waals surface area contributed by atoms with Crippen LogP contribution in [0.2, 0.25) is 0 Å². The highest BCUT2D eigenvalue weighted by molar-refractivity contribution is 9.10. The predicted octanol–water partition coefficient (Wildman–Crippen LogP) is 3.45. The lowest BCUT2D eigenvalue weighted by Crippen LogP contribution is -2.14. The summed E-state index contributed by atoms with van der Waals surface area (Å²) in [5, 5.41) is 7.28. The molecule has 0 fully saturated rings. The van der Waals surface area contributed by atoms with Crippen molar-refractivity contribution in [2.45, 2.75) is 6.61 Å². The first kappa shape index (κ1) is 13.5. The molecular weight excluding hydrogens is 311 g/mol. The maximum absolute atomic E-state index is 14.0. The fourth-order valence-corrected chi connectivity index (χ4v) is 1.86. The molecule has 5 heteroatoms. The van der Waals surface area contributed by atoms with Crippen LogP contribution in [-0.2, 0) is 6.61 Å². The van der Waals surface area contributed by atoms with Crippen molar-refractivity contribution >= 4 is 21.8 Å². The molecule has 2 aromatic rings. The third kappa shape index (κ3) is 3.32. The summed E-state index contributed by atoms with van der Waals surface area (Å²) in [4.78, 5) is 0. The Balaban J connectivity index is 2.13. The first-order valence-corrected chi connectivity index (χ1v) is 6.37. The van der Waals surface area contributed by atoms with Crippen LogP contribution in [0.25, 0.3) is 0 Å². The van der Waals surface area contributed by atoms with Gasteiger partial charge in [0.2, 0.25) is 0 Å². The number of halogens is 2. The van der Waals surface area contributed by atoms with Crippen LogP contribution in [0.4, 0.5) is 4.39 Å². The molecule has 0 unspecified atom stereocenters. The van der Waals surface area contributed by atoms with Crippen molar-refractivity contribution in [2.75, 3.05) is 0 Å². The van der Waals surface area contributed by atoms with Gasteiger partial charge in [-0.15, -0.1) is 0 Å². The molecule has 0 heterocycles. The van der Waals surface area contributed by atoms with Gasteiger partial charge in [-0.1, -0.05) is 28.1 Å². The van der Waals surface area contributed by atoms with E-state index in [4.69, 9.17) is 15.9 Å². The normalized spacial score (nSPS) is 10.2. The van der Waals surface area contributed by atoms with Crippen LogP contribution in [0.1, 0.15) is 11.1 Å². The second-order valence-corrected chi connectivity index (χ2v) is 4.85. The molecule has 98 valence electrons. The van der Waals surface area contributed by atoms with Crippen LogP contribution in [0, 0.1) is 11.2 Å². The Morgan fingerprint density at radius 2 is 1.89 bits per heavy atom. The zero-order valence-electron chi connectivity index (χ0n) is 9.99. The van der Waals surface area contributed by atoms with Gasteiger partial charge in [0.1, 0.15) is 24.0 Å². The maximum atomic E-state index is 14.0. The quantitative estimate of drug-likeness (QED) is 0.669. The summed E-state index contributed by atoms with van der Waals surface area (Å²) >= 11 is 3.33. The molecule has 2 aromatic carbocycles. The van der Waals surface area contributed by atoms with Crippen molar-refractivity contribution in [3.63, 3.8) is 0 Å². The van der Waals surface area contributed by atoms with Gasteiger partial charge in [-0.3, -0.25) is 5.41 Å². The topological polar surface area (TPSA) is 59.1 Å². The van der Waals surface area contributed by atoms with Crippen LogP contribution >= 0.6 is 15.9 Å². The van der Waals surface area contributed by atoms with E-state index in [-0.39, 0.29) is 18.0 Å². The lowest BCUT2D eigenvalue weighted by molar-refractivity contribution is 0.299. The fourth-order valence-electron chi connectivity index (χ4n) is 1.59. The number of nitrogen functional groups attached to an aromatic ring is 1. The average Bonchev–Trinajstić information content (AvgIpc) is 2.39. The molecule has 0 atom stereocenters. The van der Waals surface area contributed by atoms with E-state index in [9.17, 15) is 4.39 Å². The van der Waals surface area contributed by atoms with Crippen molar-refractivity contribution in [2.24, 2.45) is 5.73 Å². The highest BCUT2D eigenvalue weighted by atomic mass is 79.9. The zero-order chi connectivity index (χ0) is 13.8. The van der Waals surface area contributed by atoms with Gasteiger partial charge in [0.05, 0.1) is 5.56 Å². The van der Waals surface area contributed by atoms with Crippen molar-refractivity contribution in [3.05, 3.63) is 63.9 Å². The number of hydrogen-bond donors (Lipinski definition) is 2. The summed E-state index contributed by atoms with van der Waals surface area (Å²) in [5.74, 6) is -0.147. The number of ether oxygens (including phenoxy) is 1. The largest absolute Gasteiger partial charge is 0.489 e. The Hall–Kier alpha value is -1.88. The summed E-state index contributed by atoms with van der Waals surface area (Å²) in [5.41, 5.74) is 5.77. The van der Waals surface area contributed by atoms with E-state index >= 15 is 0 Å². The summed E-state index contributed by atoms with van der Waals surface area (Å²) in [6, 6.07) is 12.0. The van der Waals surface area contributed by atoms with Gasteiger partial charge in [-0.2, -0.15) is 0 Å². The zero-order valence-corrected chi connectivity index (χ0v) is 11.6. The van der Waals surface area contributed by atoms with Crippen LogP contribution in [-0.4, -0.2) is 5.84 Å². The van der Waals surface area contributed by atoms with E-state index in [1.165, 1.54) is 6.07 Å². The molecule has 0 saturated heterocycles. The molecule has 2 rings (SSSR count). The van der Waals surface area contributed by atoms with Gasteiger partial charge in [0.25, 0.3) is 0 Å². The molecule has 0 aliphatic rings. The predicted molar refractivity (Wildman–Crippen MR) is 75.9 cm³/mol. The Morgan fingerprint density at radius 3 is 2.53 bits per heavy atom. The smallest absolute Gasteiger partial charge is 0.140 e. The first-order chi connectivity index (χ1) is 9.08. The van der Waals surface area contributed by atoms with Gasteiger partial charge < -0.3 is 10.5 Å². The summed E-state index contributed by atoms with van der Waals surface area (Å²) in [7, 11) is 0. The Morgan fingerprint density at radius 1 is 1.21 bits per heavy atom. The standard InChI is InChI=1S/C14H12BrFN2O/c15-10-4-6-11(7-5-10)19-8-9-2-1-3-12(13(9)16)14(17)18/h1-7H,8H2,(H3,17,18). The van der Waals surface area contributed by atoms with Gasteiger partial charge in [-0.25, -0.2) is 4.39 Å². The molecule has 0 radical (unpaired) electrons. The van der Waals surface area contributed by atoms with E-state index in [1.54, 1.807) is 24.3 Å². The Kier molecular flexibility index (Phi) is 4.16. The van der Waals surface area contributed by atoms with Gasteiger partial charge in [0.15, 0.2) is 0 Å². The van der Waals surface area contributed by atoms with E-state index in [0.717, 1.165) is 4.47 Å². The second-order valence-electron chi connectivity index (χ2n) is 3.93. The third-order valence-electron chi connectivity index (χ3n) is 2.58. The number of nitrogens with one attached hydrogen (secondary N) is 1. The van der Waals surface area contributed by atoms with Crippen LogP contribution < -0.4 is 10.5 Å². The molecule has 0 aliphatic heterocycles. The van der Waals surface area contributed by atoms with E-state index < -0.39 is 5.82 Å². The molecular formula is C14H12BrFN2O. The fraction of sp³-hybridized carbons (Fsp3) is 0.0714. The van der Waals surface area contributed by atoms with Crippen molar-refractivity contribution in [1.29, 1.82) is 5.41 Å². The van der Waals surface area contributed by atoms with E-state index in [1.807, 2.05) is 12.1 Å². The highest BCUT2D eigenvalue weighted by Gasteiger charge is 2.10. The minimum Gasteiger partial charge on any atom is -0.489 e. The number of benzene rings is 2. The first-order valence-electron chi connectivity index (χ1n) is 5.58. The summed E-state index contributed by atoms with van der Waals surface area (Å²) in [6.07, 6.45) is 0. The molecule has 0 aliphatic carbocycles. The lowest BCUT2D eigenvalue weighted by Gasteiger charge is -2.09. The molecule has 0 amide bonds. The molecule has 0 spiro atoms. The molecule has 0 aromatic heterocycles. The molecule has 0 bridgehead atoms. The van der Waals surface area contributed by atoms with Crippen LogP contribution in [0.3, 0.4) is 0 Å². The number of nitrogens with two attached hydrogens (primary N) is 1. The number of amidine groups is 1. The van der Waals surface area contributed by atoms with E-state index in [0.29, 0.717) is 11.3 Å². The second kappa shape index (κ2) is 5.84. The number of hydrogen-bond acceptors (Lipinski definition) is 2. The minimum absolute atomic E-state index is 0.0919. The van der Waals surface area contributed by atoms with E-state index in [2.05, 4.69) is 15.9 Å². The monoisotopic (exact) mass is 322 g/mol. The summed E-state index contributed by atoms with van der Waals surface area (Å²) in [6.45, 7) is 0.0919. The van der Waals surface area contributed by atoms with Crippen molar-refractivity contribution in [1.82, 2.24) is 0 Å². The Bertz CT molecular complexity index is 599. The molecule has 3 nitrogen and oxygen atoms in total. The van der Waals surface area contributed by atoms with Gasteiger partial charge in [-0.05, 0) is 30.3 Å². The molecule has 3 N–H and O–H groups in total. The van der Waals surface area contributed by atoms with Crippen LogP contribution in [0.5, 0.6) is 5.75 Å². The third-order valence-corrected chi connectivity index (χ3v) is 3.11. The number of rotatable bonds is 4.